The molecule has 2 aromatic rings. The molecule has 2 aromatic carbocycles. The van der Waals surface area contributed by atoms with E-state index >= 15 is 0 Å². The predicted molar refractivity (Wildman–Crippen MR) is 273 cm³/mol. The molecule has 392 valence electrons. The lowest BCUT2D eigenvalue weighted by Crippen LogP contribution is -2.50. The van der Waals surface area contributed by atoms with E-state index < -0.39 is 77.2 Å². The first-order valence-corrected chi connectivity index (χ1v) is 25.9. The number of likely N-dealkylation sites (tertiary alicyclic amines) is 1. The molecule has 5 N–H and O–H groups in total. The van der Waals surface area contributed by atoms with Crippen LogP contribution in [0.1, 0.15) is 124 Å². The molecule has 6 heterocycles. The van der Waals surface area contributed by atoms with E-state index in [0.29, 0.717) is 51.5 Å². The fourth-order valence-corrected chi connectivity index (χ4v) is 10.7. The number of fused-ring (bicyclic) bond motifs is 13. The van der Waals surface area contributed by atoms with Gasteiger partial charge in [0, 0.05) is 107 Å². The number of amides is 2. The third-order valence-corrected chi connectivity index (χ3v) is 15.2. The van der Waals surface area contributed by atoms with Gasteiger partial charge in [0.05, 0.1) is 41.0 Å². The van der Waals surface area contributed by atoms with Gasteiger partial charge in [-0.2, -0.15) is 0 Å². The molecule has 0 aromatic heterocycles. The minimum Gasteiger partial charge on any atom is -0.507 e. The Labute approximate surface area is 428 Å². The number of hydrogen-bond acceptors (Lipinski definition) is 15. The van der Waals surface area contributed by atoms with Gasteiger partial charge in [-0.15, -0.1) is 0 Å². The van der Waals surface area contributed by atoms with Crippen molar-refractivity contribution in [3.05, 3.63) is 106 Å². The van der Waals surface area contributed by atoms with Crippen molar-refractivity contribution in [3.63, 3.8) is 0 Å². The molecule has 2 unspecified atom stereocenters. The number of nitrogens with one attached hydrogen (secondary N) is 2. The van der Waals surface area contributed by atoms with E-state index in [0.717, 1.165) is 26.1 Å². The molecule has 0 radical (unpaired) electrons. The van der Waals surface area contributed by atoms with Crippen molar-refractivity contribution in [1.29, 1.82) is 0 Å². The average molecular weight is 1010 g/mol. The molecule has 2 saturated heterocycles. The number of aromatic hydroxyl groups is 1. The van der Waals surface area contributed by atoms with Gasteiger partial charge in [-0.1, -0.05) is 76.3 Å². The Morgan fingerprint density at radius 2 is 1.67 bits per heavy atom. The zero-order valence-electron chi connectivity index (χ0n) is 43.2. The van der Waals surface area contributed by atoms with E-state index in [9.17, 15) is 39.3 Å². The van der Waals surface area contributed by atoms with Crippen LogP contribution in [0, 0.1) is 24.7 Å². The number of aliphatic hydroxyl groups is 2. The van der Waals surface area contributed by atoms with E-state index in [1.165, 1.54) is 25.7 Å². The molecule has 5 bridgehead atoms. The van der Waals surface area contributed by atoms with Gasteiger partial charge >= 0.3 is 11.8 Å². The van der Waals surface area contributed by atoms with Crippen LogP contribution >= 0.6 is 0 Å². The predicted octanol–water partition coefficient (Wildman–Crippen LogP) is 5.60. The summed E-state index contributed by atoms with van der Waals surface area (Å²) in [5, 5.41) is 41.0. The van der Waals surface area contributed by atoms with Crippen LogP contribution in [0.4, 0.5) is 0 Å². The molecule has 2 amide bonds. The van der Waals surface area contributed by atoms with E-state index in [4.69, 9.17) is 19.2 Å². The number of carbonyl (C=O) groups is 5. The van der Waals surface area contributed by atoms with Gasteiger partial charge in [0.2, 0.25) is 11.7 Å². The molecule has 17 nitrogen and oxygen atoms in total. The van der Waals surface area contributed by atoms with Crippen LogP contribution < -0.4 is 15.4 Å². The average Bonchev–Trinajstić information content (AvgIpc) is 3.73. The monoisotopic (exact) mass is 1000 g/mol. The third kappa shape index (κ3) is 11.5. The molecule has 2 fully saturated rings. The van der Waals surface area contributed by atoms with Crippen LogP contribution in [0.3, 0.4) is 0 Å². The first kappa shape index (κ1) is 53.2. The van der Waals surface area contributed by atoms with Crippen LogP contribution in [0.25, 0.3) is 0 Å². The van der Waals surface area contributed by atoms with Gasteiger partial charge in [-0.05, 0) is 50.7 Å². The van der Waals surface area contributed by atoms with Crippen molar-refractivity contribution in [3.8, 4) is 11.5 Å². The smallest absolute Gasteiger partial charge is 0.315 e. The lowest BCUT2D eigenvalue weighted by atomic mass is 9.82. The molecule has 1 aliphatic carbocycles. The molecule has 1 spiro atoms. The molecular formula is C56H72N6O11. The molecule has 9 rings (SSSR count). The minimum atomic E-state index is -1.95. The van der Waals surface area contributed by atoms with Crippen molar-refractivity contribution in [2.24, 2.45) is 22.7 Å². The molecule has 6 atom stereocenters. The summed E-state index contributed by atoms with van der Waals surface area (Å²) in [5.74, 6) is -6.05. The number of allylic oxidation sites excluding steroid dienone is 5. The largest absolute Gasteiger partial charge is 0.507 e. The number of nitrogens with zero attached hydrogens (tertiary/aromatic N) is 4. The zero-order valence-corrected chi connectivity index (χ0v) is 43.2. The summed E-state index contributed by atoms with van der Waals surface area (Å²) in [6.45, 7) is 17.9. The van der Waals surface area contributed by atoms with Gasteiger partial charge in [0.25, 0.3) is 11.7 Å². The quantitative estimate of drug-likeness (QED) is 0.169. The number of hydrogen-bond donors (Lipinski definition) is 5. The number of ether oxygens (including phenoxy) is 3. The van der Waals surface area contributed by atoms with Crippen LogP contribution in [0.5, 0.6) is 11.5 Å². The topological polar surface area (TPSA) is 220 Å². The van der Waals surface area contributed by atoms with Crippen LogP contribution in [0.15, 0.2) is 82.9 Å². The van der Waals surface area contributed by atoms with Crippen molar-refractivity contribution < 1.29 is 53.5 Å². The summed E-state index contributed by atoms with van der Waals surface area (Å²) >= 11 is 0. The summed E-state index contributed by atoms with van der Waals surface area (Å²) in [4.78, 5) is 82.2. The summed E-state index contributed by atoms with van der Waals surface area (Å²) in [6.07, 6.45) is 6.52. The summed E-state index contributed by atoms with van der Waals surface area (Å²) in [7, 11) is 0. The Morgan fingerprint density at radius 3 is 2.40 bits per heavy atom. The molecule has 6 aliphatic heterocycles. The SMILES string of the molecule is C/C1=C/C=C/C(C)[C@H](O)CC(O)[C@@H](C)[C@H](OC(=O)CC(=O)N2CCCN(Cc3ccccc3)CC2)CC/C=C/O[C@@]2(C)Oc3c(C)c(O)c4c(c3C2=O)C2=NC3(CCN(CC(C)C)CC3)NC2=C(NC1=O)C4=O. The number of esters is 1. The number of aliphatic imine (C=N–C) groups is 1. The summed E-state index contributed by atoms with van der Waals surface area (Å²) < 4.78 is 18.4. The maximum Gasteiger partial charge on any atom is 0.315 e. The minimum absolute atomic E-state index is 0.0215. The van der Waals surface area contributed by atoms with E-state index in [1.54, 1.807) is 50.0 Å². The van der Waals surface area contributed by atoms with Crippen molar-refractivity contribution in [2.45, 2.75) is 130 Å². The first-order valence-electron chi connectivity index (χ1n) is 25.9. The van der Waals surface area contributed by atoms with Gasteiger partial charge in [0.15, 0.2) is 0 Å². The van der Waals surface area contributed by atoms with Crippen molar-refractivity contribution in [1.82, 2.24) is 25.3 Å². The summed E-state index contributed by atoms with van der Waals surface area (Å²) in [5.41, 5.74) is 0.988. The number of phenols is 1. The number of carbonyl (C=O) groups excluding carboxylic acids is 5. The second-order valence-corrected chi connectivity index (χ2v) is 21.2. The highest BCUT2D eigenvalue weighted by atomic mass is 16.7. The molecule has 7 aliphatic rings. The highest BCUT2D eigenvalue weighted by molar-refractivity contribution is 6.34. The molecule has 73 heavy (non-hydrogen) atoms. The summed E-state index contributed by atoms with van der Waals surface area (Å²) in [6, 6.07) is 10.1. The molecule has 17 heteroatoms. The second-order valence-electron chi connectivity index (χ2n) is 21.2. The number of ketones is 2. The van der Waals surface area contributed by atoms with E-state index in [-0.39, 0.29) is 75.9 Å². The number of piperidine rings is 1. The number of aliphatic hydroxyl groups excluding tert-OH is 2. The Balaban J connectivity index is 1.06. The standard InChI is InChI=1S/C56H72N6O11/c1-33(2)31-61-24-20-56(21-25-61)58-47-44-45-50(67)37(6)52-46(44)53(69)55(7,73-52)71-28-12-11-19-41(72-43(66)30-42(65)62-23-14-22-60(26-27-62)32-38-17-9-8-10-18-38)36(5)40(64)29-39(63)34(3)15-13-16-35(4)54(70)57-49(51(45)68)48(47)59-56/h8-10,12-13,15-18,28,33-34,36,39-41,59,63-64,67H,11,14,19-27,29-32H2,1-7H3,(H,57,70)/b15-13+,28-12+,35-16-/t34?,36-,39-,40?,41-,55+/m1/s1. The van der Waals surface area contributed by atoms with Crippen molar-refractivity contribution in [2.75, 3.05) is 45.8 Å². The third-order valence-electron chi connectivity index (χ3n) is 15.2. The number of phenolic OH excluding ortho intramolecular Hbond substituents is 1. The Bertz CT molecular complexity index is 2630. The van der Waals surface area contributed by atoms with Crippen LogP contribution in [-0.2, 0) is 30.4 Å². The second kappa shape index (κ2) is 22.1. The zero-order chi connectivity index (χ0) is 52.4. The molecule has 0 saturated carbocycles. The lowest BCUT2D eigenvalue weighted by molar-refractivity contribution is -0.158. The fourth-order valence-electron chi connectivity index (χ4n) is 10.7. The highest BCUT2D eigenvalue weighted by Crippen LogP contribution is 2.50. The van der Waals surface area contributed by atoms with Crippen LogP contribution in [0.2, 0.25) is 0 Å². The van der Waals surface area contributed by atoms with Crippen LogP contribution in [-0.4, -0.2) is 141 Å². The number of rotatable bonds is 7. The van der Waals surface area contributed by atoms with E-state index in [2.05, 4.69) is 46.4 Å². The van der Waals surface area contributed by atoms with Gasteiger partial charge in [0.1, 0.15) is 35.4 Å². The van der Waals surface area contributed by atoms with Gasteiger partial charge in [-0.3, -0.25) is 33.9 Å². The van der Waals surface area contributed by atoms with Crippen molar-refractivity contribution >= 4 is 35.1 Å². The maximum absolute atomic E-state index is 14.8. The van der Waals surface area contributed by atoms with E-state index in [1.807, 2.05) is 18.2 Å². The Kier molecular flexibility index (Phi) is 16.1. The molecular weight excluding hydrogens is 933 g/mol. The fraction of sp³-hybridized carbons (Fsp3) is 0.536. The number of benzene rings is 2. The maximum atomic E-state index is 14.8. The Morgan fingerprint density at radius 1 is 0.932 bits per heavy atom. The first-order chi connectivity index (χ1) is 34.8. The Hall–Kier alpha value is -6.14. The van der Waals surface area contributed by atoms with Gasteiger partial charge < -0.3 is 50.0 Å². The normalized spacial score (nSPS) is 28.8. The highest BCUT2D eigenvalue weighted by Gasteiger charge is 2.54. The lowest BCUT2D eigenvalue weighted by Gasteiger charge is -2.38. The number of Topliss-reactive ketones (excluding diaryl/α,β-unsaturated/α-hetero) is 2. The van der Waals surface area contributed by atoms with Gasteiger partial charge in [-0.25, -0.2) is 0 Å².